The number of hydrogen-bond donors (Lipinski definition) is 2. The number of quaternary nitrogens is 2. The highest BCUT2D eigenvalue weighted by atomic mass is 15.5. The molecule has 18 heavy (non-hydrogen) atoms. The molecule has 0 aliphatic carbocycles. The predicted octanol–water partition coefficient (Wildman–Crippen LogP) is -1.97. The fourth-order valence-corrected chi connectivity index (χ4v) is 3.33. The Labute approximate surface area is 108 Å². The van der Waals surface area contributed by atoms with E-state index in [0.717, 1.165) is 18.2 Å². The van der Waals surface area contributed by atoms with Crippen LogP contribution in [0.4, 0.5) is 5.82 Å². The first-order valence-corrected chi connectivity index (χ1v) is 6.88. The van der Waals surface area contributed by atoms with E-state index < -0.39 is 0 Å². The largest absolute Gasteiger partial charge is 0.362 e. The van der Waals surface area contributed by atoms with Gasteiger partial charge in [0.05, 0.1) is 7.05 Å². The molecule has 3 aliphatic rings. The maximum atomic E-state index is 6.09. The lowest BCUT2D eigenvalue weighted by molar-refractivity contribution is -1.08. The molecule has 3 N–H and O–H groups in total. The SMILES string of the molecule is Cc1nc(N)c(C[N+]23CC[NH+](CC2)CC3)c[n+]1C. The number of piperazine rings is 3. The van der Waals surface area contributed by atoms with Crippen molar-refractivity contribution >= 4 is 5.82 Å². The number of hydrogen-bond acceptors (Lipinski definition) is 2. The lowest BCUT2D eigenvalue weighted by Crippen LogP contribution is -3.19. The summed E-state index contributed by atoms with van der Waals surface area (Å²) in [5, 5.41) is 0. The van der Waals surface area contributed by atoms with E-state index in [1.165, 1.54) is 49.3 Å². The molecule has 0 radical (unpaired) electrons. The summed E-state index contributed by atoms with van der Waals surface area (Å²) in [7, 11) is 2.05. The van der Waals surface area contributed by atoms with Gasteiger partial charge in [-0.1, -0.05) is 0 Å². The molecule has 0 unspecified atom stereocenters. The molecule has 2 bridgehead atoms. The molecule has 3 fully saturated rings. The number of nitrogens with two attached hydrogens (primary N) is 1. The van der Waals surface area contributed by atoms with E-state index >= 15 is 0 Å². The molecular weight excluding hydrogens is 226 g/mol. The number of aryl methyl sites for hydroxylation is 2. The fourth-order valence-electron chi connectivity index (χ4n) is 3.33. The second-order valence-corrected chi connectivity index (χ2v) is 5.98. The van der Waals surface area contributed by atoms with Gasteiger partial charge >= 0.3 is 0 Å². The predicted molar refractivity (Wildman–Crippen MR) is 68.7 cm³/mol. The Bertz CT molecular complexity index is 449. The van der Waals surface area contributed by atoms with Crippen LogP contribution < -0.4 is 15.2 Å². The Morgan fingerprint density at radius 1 is 1.33 bits per heavy atom. The van der Waals surface area contributed by atoms with Crippen molar-refractivity contribution in [2.24, 2.45) is 7.05 Å². The molecule has 0 spiro atoms. The van der Waals surface area contributed by atoms with Crippen molar-refractivity contribution in [2.45, 2.75) is 13.5 Å². The van der Waals surface area contributed by atoms with Crippen LogP contribution in [0, 0.1) is 6.92 Å². The van der Waals surface area contributed by atoms with Gasteiger partial charge in [-0.25, -0.2) is 4.57 Å². The molecule has 0 atom stereocenters. The highest BCUT2D eigenvalue weighted by molar-refractivity contribution is 5.35. The summed E-state index contributed by atoms with van der Waals surface area (Å²) in [6.07, 6.45) is 2.17. The molecule has 98 valence electrons. The van der Waals surface area contributed by atoms with E-state index in [4.69, 9.17) is 5.73 Å². The minimum absolute atomic E-state index is 0.721. The molecule has 3 saturated heterocycles. The summed E-state index contributed by atoms with van der Waals surface area (Å²) in [4.78, 5) is 6.23. The van der Waals surface area contributed by atoms with Gasteiger partial charge in [-0.15, -0.1) is 0 Å². The third kappa shape index (κ3) is 1.97. The van der Waals surface area contributed by atoms with Gasteiger partial charge in [-0.2, -0.15) is 0 Å². The maximum absolute atomic E-state index is 6.09. The van der Waals surface area contributed by atoms with E-state index in [-0.39, 0.29) is 0 Å². The van der Waals surface area contributed by atoms with Crippen LogP contribution in [0.5, 0.6) is 0 Å². The van der Waals surface area contributed by atoms with Crippen molar-refractivity contribution in [1.82, 2.24) is 4.98 Å². The number of nitrogen functional groups attached to an aromatic ring is 1. The smallest absolute Gasteiger partial charge is 0.297 e. The zero-order valence-corrected chi connectivity index (χ0v) is 11.4. The van der Waals surface area contributed by atoms with E-state index in [0.29, 0.717) is 0 Å². The average molecular weight is 250 g/mol. The van der Waals surface area contributed by atoms with Gasteiger partial charge in [0, 0.05) is 6.92 Å². The van der Waals surface area contributed by atoms with Crippen molar-refractivity contribution in [3.63, 3.8) is 0 Å². The monoisotopic (exact) mass is 250 g/mol. The molecule has 4 rings (SSSR count). The number of rotatable bonds is 2. The number of aromatic nitrogens is 2. The molecule has 4 heterocycles. The van der Waals surface area contributed by atoms with Gasteiger partial charge in [0.15, 0.2) is 0 Å². The molecular formula is C13H24N5+3. The lowest BCUT2D eigenvalue weighted by Gasteiger charge is -2.47. The molecule has 1 aromatic rings. The van der Waals surface area contributed by atoms with Crippen LogP contribution in [-0.4, -0.2) is 48.7 Å². The lowest BCUT2D eigenvalue weighted by atomic mass is 10.1. The normalized spacial score (nSPS) is 30.7. The van der Waals surface area contributed by atoms with Gasteiger partial charge in [0.1, 0.15) is 57.6 Å². The zero-order chi connectivity index (χ0) is 12.8. The topological polar surface area (TPSA) is 47.2 Å². The first-order valence-electron chi connectivity index (χ1n) is 6.88. The summed E-state index contributed by atoms with van der Waals surface area (Å²) in [5.74, 6) is 1.70. The molecule has 5 heteroatoms. The highest BCUT2D eigenvalue weighted by Gasteiger charge is 2.42. The van der Waals surface area contributed by atoms with Crippen LogP contribution in [-0.2, 0) is 13.6 Å². The number of anilines is 1. The average Bonchev–Trinajstić information content (AvgIpc) is 2.38. The minimum Gasteiger partial charge on any atom is -0.362 e. The van der Waals surface area contributed by atoms with Crippen molar-refractivity contribution in [3.8, 4) is 0 Å². The second kappa shape index (κ2) is 4.17. The first kappa shape index (κ1) is 11.9. The third-order valence-corrected chi connectivity index (χ3v) is 4.80. The van der Waals surface area contributed by atoms with Gasteiger partial charge in [-0.05, 0) is 4.98 Å². The van der Waals surface area contributed by atoms with Crippen LogP contribution in [0.15, 0.2) is 6.20 Å². The van der Waals surface area contributed by atoms with Crippen molar-refractivity contribution < 1.29 is 14.0 Å². The maximum Gasteiger partial charge on any atom is 0.297 e. The highest BCUT2D eigenvalue weighted by Crippen LogP contribution is 2.19. The summed E-state index contributed by atoms with van der Waals surface area (Å²) in [6.45, 7) is 10.9. The quantitative estimate of drug-likeness (QED) is 0.472. The molecule has 1 aromatic heterocycles. The van der Waals surface area contributed by atoms with Crippen LogP contribution >= 0.6 is 0 Å². The van der Waals surface area contributed by atoms with Gasteiger partial charge in [0.25, 0.3) is 11.6 Å². The van der Waals surface area contributed by atoms with Gasteiger partial charge < -0.3 is 15.1 Å². The second-order valence-electron chi connectivity index (χ2n) is 5.98. The van der Waals surface area contributed by atoms with Gasteiger partial charge in [-0.3, -0.25) is 0 Å². The number of nitrogens with zero attached hydrogens (tertiary/aromatic N) is 3. The Hall–Kier alpha value is -1.20. The molecule has 5 nitrogen and oxygen atoms in total. The van der Waals surface area contributed by atoms with Crippen molar-refractivity contribution in [1.29, 1.82) is 0 Å². The fraction of sp³-hybridized carbons (Fsp3) is 0.692. The van der Waals surface area contributed by atoms with E-state index in [2.05, 4.69) is 15.7 Å². The summed E-state index contributed by atoms with van der Waals surface area (Å²) in [5.41, 5.74) is 7.31. The first-order chi connectivity index (χ1) is 8.58. The number of fused-ring (bicyclic) bond motifs is 3. The van der Waals surface area contributed by atoms with Crippen LogP contribution in [0.2, 0.25) is 0 Å². The Kier molecular flexibility index (Phi) is 2.75. The van der Waals surface area contributed by atoms with Crippen molar-refractivity contribution in [3.05, 3.63) is 17.6 Å². The molecule has 0 amide bonds. The van der Waals surface area contributed by atoms with Gasteiger partial charge in [0.2, 0.25) is 0 Å². The van der Waals surface area contributed by atoms with Crippen LogP contribution in [0.3, 0.4) is 0 Å². The third-order valence-electron chi connectivity index (χ3n) is 4.80. The van der Waals surface area contributed by atoms with E-state index in [9.17, 15) is 0 Å². The Morgan fingerprint density at radius 2 is 1.94 bits per heavy atom. The van der Waals surface area contributed by atoms with E-state index in [1.807, 2.05) is 14.0 Å². The minimum atomic E-state index is 0.721. The van der Waals surface area contributed by atoms with Crippen LogP contribution in [0.1, 0.15) is 11.4 Å². The zero-order valence-electron chi connectivity index (χ0n) is 11.4. The van der Waals surface area contributed by atoms with E-state index in [1.54, 1.807) is 4.90 Å². The summed E-state index contributed by atoms with van der Waals surface area (Å²) < 4.78 is 3.30. The van der Waals surface area contributed by atoms with Crippen molar-refractivity contribution in [2.75, 3.05) is 45.0 Å². The molecule has 3 aliphatic heterocycles. The number of nitrogens with one attached hydrogen (secondary N) is 1. The standard InChI is InChI=1S/C13H22N5/c1-11-15-13(14)12(9-16(11)2)10-18-6-3-17(4-7-18)5-8-18/h9,14H,3-8,10H2,1-2H3/q+1/p+2. The Balaban J connectivity index is 1.86. The summed E-state index contributed by atoms with van der Waals surface area (Å²) in [6, 6.07) is 0. The molecule has 0 saturated carbocycles. The Morgan fingerprint density at radius 3 is 2.56 bits per heavy atom. The molecule has 0 aromatic carbocycles. The summed E-state index contributed by atoms with van der Waals surface area (Å²) >= 11 is 0. The van der Waals surface area contributed by atoms with Crippen LogP contribution in [0.25, 0.3) is 0 Å².